The standard InChI is InChI=1S/C26H35N9OSi/c1-32(2)17-24-29-21-8-7-19(13-22(21)34(24)18-36-11-12-37(4,5)6)14-23-30-26-25(20-15-28-33(3)16-20)27-9-10-35(26)31-23/h7-10,13,15-16H,11-12,14,17-18H2,1-6H3. The minimum atomic E-state index is -1.15. The van der Waals surface area contributed by atoms with Crippen LogP contribution in [0.15, 0.2) is 43.0 Å². The second-order valence-electron chi connectivity index (χ2n) is 11.0. The van der Waals surface area contributed by atoms with Crippen LogP contribution < -0.4 is 0 Å². The monoisotopic (exact) mass is 517 g/mol. The third kappa shape index (κ3) is 5.79. The van der Waals surface area contributed by atoms with Gasteiger partial charge >= 0.3 is 0 Å². The van der Waals surface area contributed by atoms with E-state index in [2.05, 4.69) is 71.5 Å². The summed E-state index contributed by atoms with van der Waals surface area (Å²) >= 11 is 0. The van der Waals surface area contributed by atoms with E-state index in [0.29, 0.717) is 13.2 Å². The molecule has 1 aromatic carbocycles. The highest BCUT2D eigenvalue weighted by molar-refractivity contribution is 6.76. The third-order valence-electron chi connectivity index (χ3n) is 6.21. The summed E-state index contributed by atoms with van der Waals surface area (Å²) < 4.78 is 11.9. The van der Waals surface area contributed by atoms with Gasteiger partial charge in [-0.3, -0.25) is 9.67 Å². The molecule has 0 aliphatic heterocycles. The minimum Gasteiger partial charge on any atom is -0.361 e. The van der Waals surface area contributed by atoms with Gasteiger partial charge in [0.2, 0.25) is 0 Å². The summed E-state index contributed by atoms with van der Waals surface area (Å²) in [6, 6.07) is 7.52. The highest BCUT2D eigenvalue weighted by atomic mass is 28.3. The molecule has 4 heterocycles. The smallest absolute Gasteiger partial charge is 0.182 e. The van der Waals surface area contributed by atoms with E-state index in [1.807, 2.05) is 19.4 Å². The summed E-state index contributed by atoms with van der Waals surface area (Å²) in [5.41, 5.74) is 5.58. The van der Waals surface area contributed by atoms with Gasteiger partial charge in [-0.25, -0.2) is 14.5 Å². The zero-order valence-corrected chi connectivity index (χ0v) is 23.5. The van der Waals surface area contributed by atoms with E-state index in [0.717, 1.165) is 64.3 Å². The summed E-state index contributed by atoms with van der Waals surface area (Å²) in [6.45, 7) is 9.14. The predicted molar refractivity (Wildman–Crippen MR) is 147 cm³/mol. The van der Waals surface area contributed by atoms with Crippen LogP contribution in [-0.2, 0) is 31.5 Å². The van der Waals surface area contributed by atoms with E-state index in [4.69, 9.17) is 19.8 Å². The topological polar surface area (TPSA) is 91.2 Å². The van der Waals surface area contributed by atoms with Gasteiger partial charge in [-0.05, 0) is 37.8 Å². The number of fused-ring (bicyclic) bond motifs is 2. The molecule has 4 aromatic heterocycles. The van der Waals surface area contributed by atoms with Crippen LogP contribution in [0, 0.1) is 0 Å². The van der Waals surface area contributed by atoms with E-state index < -0.39 is 8.07 Å². The molecule has 11 heteroatoms. The second-order valence-corrected chi connectivity index (χ2v) is 16.6. The zero-order chi connectivity index (χ0) is 26.2. The van der Waals surface area contributed by atoms with Crippen molar-refractivity contribution >= 4 is 24.8 Å². The van der Waals surface area contributed by atoms with Gasteiger partial charge in [0.15, 0.2) is 11.5 Å². The first kappa shape index (κ1) is 25.2. The minimum absolute atomic E-state index is 0.500. The lowest BCUT2D eigenvalue weighted by Crippen LogP contribution is -2.22. The fourth-order valence-corrected chi connectivity index (χ4v) is 5.03. The molecule has 0 radical (unpaired) electrons. The Morgan fingerprint density at radius 3 is 2.68 bits per heavy atom. The molecule has 0 fully saturated rings. The highest BCUT2D eigenvalue weighted by Crippen LogP contribution is 2.23. The average molecular weight is 518 g/mol. The Bertz CT molecular complexity index is 1530. The highest BCUT2D eigenvalue weighted by Gasteiger charge is 2.17. The molecular formula is C26H35N9OSi. The molecule has 0 spiro atoms. The largest absolute Gasteiger partial charge is 0.361 e. The fraction of sp³-hybridized carbons (Fsp3) is 0.423. The Kier molecular flexibility index (Phi) is 6.93. The van der Waals surface area contributed by atoms with Gasteiger partial charge in [0, 0.05) is 52.3 Å². The van der Waals surface area contributed by atoms with Crippen LogP contribution in [0.1, 0.15) is 17.2 Å². The molecule has 0 N–H and O–H groups in total. The van der Waals surface area contributed by atoms with Crippen molar-refractivity contribution < 1.29 is 4.74 Å². The van der Waals surface area contributed by atoms with Crippen molar-refractivity contribution in [2.45, 2.75) is 45.4 Å². The number of imidazole rings is 1. The molecule has 10 nitrogen and oxygen atoms in total. The van der Waals surface area contributed by atoms with Gasteiger partial charge in [0.1, 0.15) is 18.2 Å². The van der Waals surface area contributed by atoms with E-state index in [-0.39, 0.29) is 0 Å². The van der Waals surface area contributed by atoms with E-state index in [9.17, 15) is 0 Å². The third-order valence-corrected chi connectivity index (χ3v) is 7.91. The van der Waals surface area contributed by atoms with Crippen LogP contribution in [-0.4, -0.2) is 72.6 Å². The Balaban J connectivity index is 1.43. The first-order chi connectivity index (χ1) is 17.7. The van der Waals surface area contributed by atoms with Crippen molar-refractivity contribution in [2.75, 3.05) is 20.7 Å². The number of hydrogen-bond acceptors (Lipinski definition) is 7. The molecule has 0 atom stereocenters. The molecule has 37 heavy (non-hydrogen) atoms. The van der Waals surface area contributed by atoms with Crippen LogP contribution in [0.25, 0.3) is 27.9 Å². The van der Waals surface area contributed by atoms with Crippen LogP contribution in [0.2, 0.25) is 25.7 Å². The number of rotatable bonds is 10. The Hall–Kier alpha value is -3.41. The Morgan fingerprint density at radius 2 is 1.95 bits per heavy atom. The van der Waals surface area contributed by atoms with Crippen molar-refractivity contribution in [3.63, 3.8) is 0 Å². The number of aromatic nitrogens is 8. The SMILES string of the molecule is CN(C)Cc1nc2ccc(Cc3nc4c(-c5cnn(C)c5)nccn4n3)cc2n1COCC[Si](C)(C)C. The van der Waals surface area contributed by atoms with Crippen molar-refractivity contribution in [2.24, 2.45) is 7.05 Å². The Labute approximate surface area is 217 Å². The fourth-order valence-electron chi connectivity index (χ4n) is 4.28. The number of hydrogen-bond donors (Lipinski definition) is 0. The van der Waals surface area contributed by atoms with Crippen LogP contribution in [0.5, 0.6) is 0 Å². The molecule has 0 bridgehead atoms. The van der Waals surface area contributed by atoms with Crippen LogP contribution in [0.3, 0.4) is 0 Å². The molecule has 0 amide bonds. The first-order valence-electron chi connectivity index (χ1n) is 12.6. The van der Waals surface area contributed by atoms with Crippen LogP contribution >= 0.6 is 0 Å². The van der Waals surface area contributed by atoms with Gasteiger partial charge in [-0.1, -0.05) is 25.7 Å². The maximum atomic E-state index is 6.14. The van der Waals surface area contributed by atoms with Gasteiger partial charge in [-0.2, -0.15) is 10.2 Å². The van der Waals surface area contributed by atoms with Crippen molar-refractivity contribution in [3.05, 3.63) is 60.2 Å². The average Bonchev–Trinajstić information content (AvgIpc) is 3.52. The molecule has 5 aromatic rings. The Morgan fingerprint density at radius 1 is 1.11 bits per heavy atom. The van der Waals surface area contributed by atoms with Crippen molar-refractivity contribution in [1.29, 1.82) is 0 Å². The molecule has 0 aliphatic carbocycles. The predicted octanol–water partition coefficient (Wildman–Crippen LogP) is 3.84. The lowest BCUT2D eigenvalue weighted by molar-refractivity contribution is 0.0866. The number of nitrogens with zero attached hydrogens (tertiary/aromatic N) is 9. The summed E-state index contributed by atoms with van der Waals surface area (Å²) in [5.74, 6) is 1.74. The van der Waals surface area contributed by atoms with Gasteiger partial charge in [-0.15, -0.1) is 0 Å². The van der Waals surface area contributed by atoms with Gasteiger partial charge in [0.05, 0.1) is 23.8 Å². The number of benzene rings is 1. The van der Waals surface area contributed by atoms with Gasteiger partial charge in [0.25, 0.3) is 0 Å². The maximum absolute atomic E-state index is 6.14. The zero-order valence-electron chi connectivity index (χ0n) is 22.5. The molecule has 194 valence electrons. The quantitative estimate of drug-likeness (QED) is 0.205. The molecule has 0 unspecified atom stereocenters. The number of ether oxygens (including phenoxy) is 1. The van der Waals surface area contributed by atoms with Crippen LogP contribution in [0.4, 0.5) is 0 Å². The maximum Gasteiger partial charge on any atom is 0.182 e. The summed E-state index contributed by atoms with van der Waals surface area (Å²) in [5, 5.41) is 8.99. The summed E-state index contributed by atoms with van der Waals surface area (Å²) in [7, 11) is 4.86. The molecule has 0 saturated heterocycles. The number of aryl methyl sites for hydroxylation is 1. The molecule has 0 saturated carbocycles. The van der Waals surface area contributed by atoms with Gasteiger partial charge < -0.3 is 14.2 Å². The van der Waals surface area contributed by atoms with E-state index in [1.54, 1.807) is 21.6 Å². The molecule has 5 rings (SSSR count). The summed E-state index contributed by atoms with van der Waals surface area (Å²) in [6.07, 6.45) is 7.91. The molecular weight excluding hydrogens is 482 g/mol. The lowest BCUT2D eigenvalue weighted by Gasteiger charge is -2.17. The normalized spacial score (nSPS) is 12.4. The van der Waals surface area contributed by atoms with Crippen molar-refractivity contribution in [1.82, 2.24) is 43.8 Å². The second kappa shape index (κ2) is 10.2. The van der Waals surface area contributed by atoms with E-state index in [1.165, 1.54) is 0 Å². The molecule has 0 aliphatic rings. The van der Waals surface area contributed by atoms with E-state index >= 15 is 0 Å². The first-order valence-corrected chi connectivity index (χ1v) is 16.3. The van der Waals surface area contributed by atoms with Crippen molar-refractivity contribution in [3.8, 4) is 11.3 Å². The summed E-state index contributed by atoms with van der Waals surface area (Å²) in [4.78, 5) is 16.4. The lowest BCUT2D eigenvalue weighted by atomic mass is 10.1.